The molecule has 0 aliphatic carbocycles. The topological polar surface area (TPSA) is 64.3 Å². The lowest BCUT2D eigenvalue weighted by molar-refractivity contribution is 0.0708. The molecule has 0 spiro atoms. The molecule has 0 saturated carbocycles. The van der Waals surface area contributed by atoms with Crippen molar-refractivity contribution in [2.75, 3.05) is 31.4 Å². The summed E-state index contributed by atoms with van der Waals surface area (Å²) in [5, 5.41) is 0.990. The van der Waals surface area contributed by atoms with Gasteiger partial charge in [-0.25, -0.2) is 9.97 Å². The van der Waals surface area contributed by atoms with E-state index >= 15 is 0 Å². The molecule has 1 saturated heterocycles. The summed E-state index contributed by atoms with van der Waals surface area (Å²) in [5.74, 6) is 0.972. The fourth-order valence-corrected chi connectivity index (χ4v) is 2.73. The quantitative estimate of drug-likeness (QED) is 0.652. The standard InChI is InChI=1S/C12H20N4OS/c1-17-10-3-4-16(9(5-10)7-13)11-6-12(18-2)15-8-14-11/h6,8-10H,3-5,7,13H2,1-2H3. The predicted octanol–water partition coefficient (Wildman–Crippen LogP) is 1.14. The Labute approximate surface area is 112 Å². The molecule has 1 fully saturated rings. The molecule has 0 aromatic carbocycles. The van der Waals surface area contributed by atoms with Crippen molar-refractivity contribution in [1.29, 1.82) is 0 Å². The van der Waals surface area contributed by atoms with Crippen LogP contribution in [0.5, 0.6) is 0 Å². The number of methoxy groups -OCH3 is 1. The number of hydrogen-bond acceptors (Lipinski definition) is 6. The van der Waals surface area contributed by atoms with E-state index in [1.165, 1.54) is 0 Å². The van der Waals surface area contributed by atoms with E-state index in [4.69, 9.17) is 10.5 Å². The molecule has 2 unspecified atom stereocenters. The van der Waals surface area contributed by atoms with Crippen molar-refractivity contribution in [3.05, 3.63) is 12.4 Å². The third kappa shape index (κ3) is 2.93. The molecule has 2 heterocycles. The summed E-state index contributed by atoms with van der Waals surface area (Å²) in [6.07, 6.45) is 5.94. The van der Waals surface area contributed by atoms with Crippen LogP contribution in [0.3, 0.4) is 0 Å². The van der Waals surface area contributed by atoms with Gasteiger partial charge in [-0.05, 0) is 19.1 Å². The van der Waals surface area contributed by atoms with Crippen molar-refractivity contribution in [2.24, 2.45) is 5.73 Å². The van der Waals surface area contributed by atoms with E-state index in [0.717, 1.165) is 30.2 Å². The first kappa shape index (κ1) is 13.6. The Kier molecular flexibility index (Phi) is 4.79. The van der Waals surface area contributed by atoms with Crippen LogP contribution >= 0.6 is 11.8 Å². The number of piperidine rings is 1. The highest BCUT2D eigenvalue weighted by Crippen LogP contribution is 2.25. The average molecular weight is 268 g/mol. The highest BCUT2D eigenvalue weighted by atomic mass is 32.2. The van der Waals surface area contributed by atoms with Gasteiger partial charge in [0.1, 0.15) is 17.2 Å². The maximum atomic E-state index is 5.87. The van der Waals surface area contributed by atoms with Crippen LogP contribution in [0.15, 0.2) is 17.4 Å². The molecule has 1 aliphatic heterocycles. The van der Waals surface area contributed by atoms with Gasteiger partial charge in [0, 0.05) is 32.3 Å². The van der Waals surface area contributed by atoms with E-state index in [1.54, 1.807) is 25.2 Å². The van der Waals surface area contributed by atoms with Gasteiger partial charge in [-0.1, -0.05) is 0 Å². The number of thioether (sulfide) groups is 1. The first-order valence-corrected chi connectivity index (χ1v) is 7.36. The van der Waals surface area contributed by atoms with Crippen molar-refractivity contribution in [3.8, 4) is 0 Å². The molecule has 0 bridgehead atoms. The van der Waals surface area contributed by atoms with Gasteiger partial charge in [-0.3, -0.25) is 0 Å². The number of rotatable bonds is 4. The van der Waals surface area contributed by atoms with E-state index in [0.29, 0.717) is 18.7 Å². The normalized spacial score (nSPS) is 24.3. The van der Waals surface area contributed by atoms with Crippen LogP contribution in [-0.2, 0) is 4.74 Å². The maximum Gasteiger partial charge on any atom is 0.133 e. The van der Waals surface area contributed by atoms with Gasteiger partial charge in [0.25, 0.3) is 0 Å². The maximum absolute atomic E-state index is 5.87. The van der Waals surface area contributed by atoms with E-state index in [2.05, 4.69) is 14.9 Å². The van der Waals surface area contributed by atoms with Gasteiger partial charge in [-0.15, -0.1) is 11.8 Å². The van der Waals surface area contributed by atoms with Crippen molar-refractivity contribution >= 4 is 17.6 Å². The summed E-state index contributed by atoms with van der Waals surface area (Å²) in [7, 11) is 1.77. The van der Waals surface area contributed by atoms with E-state index in [9.17, 15) is 0 Å². The Bertz CT molecular complexity index is 390. The summed E-state index contributed by atoms with van der Waals surface area (Å²) in [4.78, 5) is 10.8. The Morgan fingerprint density at radius 1 is 1.56 bits per heavy atom. The lowest BCUT2D eigenvalue weighted by Crippen LogP contribution is -2.49. The number of anilines is 1. The Morgan fingerprint density at radius 2 is 2.39 bits per heavy atom. The molecule has 1 aromatic rings. The minimum Gasteiger partial charge on any atom is -0.381 e. The van der Waals surface area contributed by atoms with Crippen molar-refractivity contribution < 1.29 is 4.74 Å². The highest BCUT2D eigenvalue weighted by molar-refractivity contribution is 7.98. The third-order valence-corrected chi connectivity index (χ3v) is 4.05. The van der Waals surface area contributed by atoms with Gasteiger partial charge >= 0.3 is 0 Å². The second-order valence-corrected chi connectivity index (χ2v) is 5.21. The molecule has 18 heavy (non-hydrogen) atoms. The highest BCUT2D eigenvalue weighted by Gasteiger charge is 2.28. The molecule has 100 valence electrons. The van der Waals surface area contributed by atoms with Crippen molar-refractivity contribution in [2.45, 2.75) is 30.0 Å². The van der Waals surface area contributed by atoms with Gasteiger partial charge in [0.15, 0.2) is 0 Å². The molecule has 2 rings (SSSR count). The van der Waals surface area contributed by atoms with Crippen LogP contribution in [0, 0.1) is 0 Å². The molecule has 2 atom stereocenters. The van der Waals surface area contributed by atoms with Crippen molar-refractivity contribution in [3.63, 3.8) is 0 Å². The first-order valence-electron chi connectivity index (χ1n) is 6.14. The Morgan fingerprint density at radius 3 is 3.06 bits per heavy atom. The SMILES string of the molecule is COC1CCN(c2cc(SC)ncn2)C(CN)C1. The monoisotopic (exact) mass is 268 g/mol. The molecule has 5 nitrogen and oxygen atoms in total. The van der Waals surface area contributed by atoms with Gasteiger partial charge in [-0.2, -0.15) is 0 Å². The fraction of sp³-hybridized carbons (Fsp3) is 0.667. The molecular formula is C12H20N4OS. The molecule has 1 aromatic heterocycles. The zero-order valence-corrected chi connectivity index (χ0v) is 11.7. The molecule has 0 radical (unpaired) electrons. The summed E-state index contributed by atoms with van der Waals surface area (Å²) < 4.78 is 5.43. The van der Waals surface area contributed by atoms with Crippen LogP contribution in [0.4, 0.5) is 5.82 Å². The molecule has 2 N–H and O–H groups in total. The zero-order chi connectivity index (χ0) is 13.0. The predicted molar refractivity (Wildman–Crippen MR) is 74.0 cm³/mol. The number of ether oxygens (including phenoxy) is 1. The Hall–Kier alpha value is -0.850. The fourth-order valence-electron chi connectivity index (χ4n) is 2.35. The van der Waals surface area contributed by atoms with Crippen LogP contribution in [0.1, 0.15) is 12.8 Å². The molecule has 6 heteroatoms. The van der Waals surface area contributed by atoms with Gasteiger partial charge in [0.05, 0.1) is 6.10 Å². The third-order valence-electron chi connectivity index (χ3n) is 3.40. The van der Waals surface area contributed by atoms with Crippen LogP contribution in [0.25, 0.3) is 0 Å². The summed E-state index contributed by atoms with van der Waals surface area (Å²) in [6.45, 7) is 1.56. The largest absolute Gasteiger partial charge is 0.381 e. The number of hydrogen-bond donors (Lipinski definition) is 1. The van der Waals surface area contributed by atoms with Crippen molar-refractivity contribution in [1.82, 2.24) is 9.97 Å². The van der Waals surface area contributed by atoms with Crippen LogP contribution < -0.4 is 10.6 Å². The minimum absolute atomic E-state index is 0.299. The average Bonchev–Trinajstić information content (AvgIpc) is 2.46. The zero-order valence-electron chi connectivity index (χ0n) is 10.9. The number of nitrogens with zero attached hydrogens (tertiary/aromatic N) is 3. The Balaban J connectivity index is 2.15. The number of nitrogens with two attached hydrogens (primary N) is 1. The van der Waals surface area contributed by atoms with E-state index in [1.807, 2.05) is 12.3 Å². The lowest BCUT2D eigenvalue weighted by atomic mass is 9.99. The second-order valence-electron chi connectivity index (χ2n) is 4.38. The van der Waals surface area contributed by atoms with Gasteiger partial charge in [0.2, 0.25) is 0 Å². The molecular weight excluding hydrogens is 248 g/mol. The first-order chi connectivity index (χ1) is 8.78. The summed E-state index contributed by atoms with van der Waals surface area (Å²) in [6, 6.07) is 2.33. The van der Waals surface area contributed by atoms with Crippen LogP contribution in [0.2, 0.25) is 0 Å². The number of aromatic nitrogens is 2. The van der Waals surface area contributed by atoms with E-state index in [-0.39, 0.29) is 0 Å². The molecule has 1 aliphatic rings. The smallest absolute Gasteiger partial charge is 0.133 e. The van der Waals surface area contributed by atoms with Gasteiger partial charge < -0.3 is 15.4 Å². The van der Waals surface area contributed by atoms with E-state index < -0.39 is 0 Å². The second kappa shape index (κ2) is 6.36. The summed E-state index contributed by atoms with van der Waals surface area (Å²) >= 11 is 1.63. The minimum atomic E-state index is 0.299. The van der Waals surface area contributed by atoms with Crippen LogP contribution in [-0.4, -0.2) is 48.6 Å². The molecule has 0 amide bonds. The summed E-state index contributed by atoms with van der Waals surface area (Å²) in [5.41, 5.74) is 5.87. The lowest BCUT2D eigenvalue weighted by Gasteiger charge is -2.39.